The molecule has 2 aromatic rings. The first-order valence-electron chi connectivity index (χ1n) is 18.6. The number of aliphatic carboxylic acids is 4. The zero-order chi connectivity index (χ0) is 42.7. The maximum Gasteiger partial charge on any atom is 0.331 e. The van der Waals surface area contributed by atoms with Crippen LogP contribution in [-0.2, 0) is 51.5 Å². The van der Waals surface area contributed by atoms with Gasteiger partial charge in [-0.15, -0.1) is 0 Å². The van der Waals surface area contributed by atoms with Crippen molar-refractivity contribution in [3.05, 3.63) is 108 Å². The van der Waals surface area contributed by atoms with E-state index in [2.05, 4.69) is 27.7 Å². The zero-order valence-electron chi connectivity index (χ0n) is 33.2. The van der Waals surface area contributed by atoms with Gasteiger partial charge < -0.3 is 29.9 Å². The monoisotopic (exact) mass is 996 g/mol. The third-order valence-corrected chi connectivity index (χ3v) is 14.4. The molecule has 4 radical (unpaired) electrons. The number of rotatable bonds is 22. The van der Waals surface area contributed by atoms with Gasteiger partial charge in [0.1, 0.15) is 13.2 Å². The Balaban J connectivity index is -0.000000646. The van der Waals surface area contributed by atoms with Gasteiger partial charge in [0, 0.05) is 36.5 Å². The number of benzene rings is 2. The first-order valence-corrected chi connectivity index (χ1v) is 26.7. The number of carboxylic acid groups (broad SMARTS) is 4. The predicted octanol–water partition coefficient (Wildman–Crippen LogP) is 8.71. The number of carbonyl (C=O) groups is 6. The zero-order valence-corrected chi connectivity index (χ0v) is 38.9. The van der Waals surface area contributed by atoms with Crippen LogP contribution in [0.15, 0.2) is 97.1 Å². The summed E-state index contributed by atoms with van der Waals surface area (Å²) in [5.41, 5.74) is 1.71. The topological polar surface area (TPSA) is 202 Å². The largest absolute Gasteiger partial charge is 0.478 e. The quantitative estimate of drug-likeness (QED) is 0.0379. The first-order chi connectivity index (χ1) is 26.8. The molecule has 0 amide bonds. The normalized spacial score (nSPS) is 10.0. The van der Waals surface area contributed by atoms with Crippen molar-refractivity contribution in [3.8, 4) is 0 Å². The number of hydrogen-bond donors (Lipinski definition) is 4. The molecule has 0 atom stereocenters. The van der Waals surface area contributed by atoms with E-state index in [4.69, 9.17) is 29.9 Å². The van der Waals surface area contributed by atoms with Crippen molar-refractivity contribution in [3.63, 3.8) is 0 Å². The molecule has 0 heterocycles. The molecule has 56 heavy (non-hydrogen) atoms. The number of unbranched alkanes of at least 4 members (excludes halogenated alkanes) is 4. The summed E-state index contributed by atoms with van der Waals surface area (Å²) in [7, 11) is 0. The molecule has 0 unspecified atom stereocenters. The smallest absolute Gasteiger partial charge is 0.331 e. The van der Waals surface area contributed by atoms with Gasteiger partial charge in [-0.05, 0) is 11.1 Å². The van der Waals surface area contributed by atoms with E-state index in [-0.39, 0.29) is 55.5 Å². The number of hydrogen-bond acceptors (Lipinski definition) is 8. The average molecular weight is 994 g/mol. The molecule has 0 aromatic heterocycles. The Hall–Kier alpha value is -3.92. The van der Waals surface area contributed by atoms with Gasteiger partial charge in [0.2, 0.25) is 0 Å². The summed E-state index contributed by atoms with van der Waals surface area (Å²) >= 11 is 0.299. The molecular formula is C42H60O12Sn2. The predicted molar refractivity (Wildman–Crippen MR) is 221 cm³/mol. The summed E-state index contributed by atoms with van der Waals surface area (Å²) in [6, 6.07) is 18.3. The molecule has 12 nitrogen and oxygen atoms in total. The third-order valence-electron chi connectivity index (χ3n) is 6.37. The van der Waals surface area contributed by atoms with Crippen LogP contribution < -0.4 is 0 Å². The van der Waals surface area contributed by atoms with Crippen molar-refractivity contribution < 1.29 is 58.7 Å². The molecular weight excluding hydrogens is 934 g/mol. The SMILES string of the molecule is CCC[CH2][Sn][CH2]CCC.CCC[CH2][Sn][CH2]CCC.O=C(O)/C=C/C(=O)O.O=C(O)/C=C/C(=O)OCc1ccccc1.O=C(O)/C=C/C(=O)OCc1ccccc1. The fourth-order valence-electron chi connectivity index (χ4n) is 3.43. The Kier molecular flexibility index (Phi) is 44.1. The molecule has 0 aliphatic rings. The van der Waals surface area contributed by atoms with Crippen LogP contribution in [0.3, 0.4) is 0 Å². The molecule has 0 bridgehead atoms. The Bertz CT molecular complexity index is 1280. The maximum atomic E-state index is 10.9. The molecule has 308 valence electrons. The molecule has 0 spiro atoms. The summed E-state index contributed by atoms with van der Waals surface area (Å²) in [6.45, 7) is 9.45. The van der Waals surface area contributed by atoms with E-state index < -0.39 is 35.8 Å². The van der Waals surface area contributed by atoms with Gasteiger partial charge >= 0.3 is 175 Å². The molecule has 0 fully saturated rings. The van der Waals surface area contributed by atoms with Crippen molar-refractivity contribution in [2.24, 2.45) is 0 Å². The van der Waals surface area contributed by atoms with E-state index in [1.165, 1.54) is 51.4 Å². The van der Waals surface area contributed by atoms with Gasteiger partial charge in [0.25, 0.3) is 0 Å². The number of carbonyl (C=O) groups excluding carboxylic acids is 2. The van der Waals surface area contributed by atoms with Crippen LogP contribution in [-0.4, -0.2) is 98.5 Å². The van der Waals surface area contributed by atoms with Crippen molar-refractivity contribution in [2.75, 3.05) is 0 Å². The van der Waals surface area contributed by atoms with Crippen molar-refractivity contribution in [1.29, 1.82) is 0 Å². The standard InChI is InChI=1S/2C11H10O4.C4H4O4.4C4H9.2Sn/c2*12-10(13)6-7-11(14)15-8-9-4-2-1-3-5-9;5-3(6)1-2-4(7)8;4*1-3-4-2;;/h2*1-7H,8H2,(H,12,13);1-2H,(H,5,6)(H,7,8);4*1,3-4H2,2H3;;/b2*7-6+;2-1+;;;;;;. The summed E-state index contributed by atoms with van der Waals surface area (Å²) in [6.07, 6.45) is 16.0. The Morgan fingerprint density at radius 1 is 0.446 bits per heavy atom. The van der Waals surface area contributed by atoms with Crippen LogP contribution in [0, 0.1) is 0 Å². The fraction of sp³-hybridized carbons (Fsp3) is 0.429. The van der Waals surface area contributed by atoms with Crippen LogP contribution in [0.1, 0.15) is 90.2 Å². The van der Waals surface area contributed by atoms with Gasteiger partial charge in [-0.1, -0.05) is 60.7 Å². The van der Waals surface area contributed by atoms with Crippen LogP contribution in [0.25, 0.3) is 0 Å². The van der Waals surface area contributed by atoms with Gasteiger partial charge in [-0.25, -0.2) is 28.8 Å². The second kappa shape index (κ2) is 43.8. The van der Waals surface area contributed by atoms with E-state index in [0.717, 1.165) is 35.4 Å². The molecule has 4 N–H and O–H groups in total. The molecule has 2 rings (SSSR count). The van der Waals surface area contributed by atoms with E-state index in [1.54, 1.807) is 17.7 Å². The summed E-state index contributed by atoms with van der Waals surface area (Å²) in [4.78, 5) is 61.2. The third kappa shape index (κ3) is 50.1. The van der Waals surface area contributed by atoms with Gasteiger partial charge in [0.15, 0.2) is 0 Å². The average Bonchev–Trinajstić information content (AvgIpc) is 3.18. The van der Waals surface area contributed by atoms with E-state index >= 15 is 0 Å². The molecule has 2 aromatic carbocycles. The Morgan fingerprint density at radius 3 is 0.929 bits per heavy atom. The molecule has 0 aliphatic carbocycles. The molecule has 0 saturated carbocycles. The van der Waals surface area contributed by atoms with Gasteiger partial charge in [0.05, 0.1) is 0 Å². The van der Waals surface area contributed by atoms with Crippen LogP contribution >= 0.6 is 0 Å². The van der Waals surface area contributed by atoms with Crippen molar-refractivity contribution >= 4 is 78.1 Å². The minimum absolute atomic E-state index is 0.142. The minimum Gasteiger partial charge on any atom is -0.478 e. The van der Waals surface area contributed by atoms with Crippen LogP contribution in [0.2, 0.25) is 17.7 Å². The van der Waals surface area contributed by atoms with Crippen molar-refractivity contribution in [1.82, 2.24) is 0 Å². The summed E-state index contributed by atoms with van der Waals surface area (Å²) in [5, 5.41) is 32.1. The second-order valence-corrected chi connectivity index (χ2v) is 20.0. The van der Waals surface area contributed by atoms with E-state index in [0.29, 0.717) is 12.2 Å². The molecule has 0 saturated heterocycles. The Labute approximate surface area is 352 Å². The summed E-state index contributed by atoms with van der Waals surface area (Å²) < 4.78 is 16.1. The summed E-state index contributed by atoms with van der Waals surface area (Å²) in [5.74, 6) is -6.19. The minimum atomic E-state index is -1.26. The van der Waals surface area contributed by atoms with E-state index in [9.17, 15) is 28.8 Å². The number of carboxylic acids is 4. The van der Waals surface area contributed by atoms with E-state index in [1.807, 2.05) is 60.7 Å². The molecule has 0 aliphatic heterocycles. The number of esters is 2. The second-order valence-electron chi connectivity index (χ2n) is 11.5. The fourth-order valence-corrected chi connectivity index (χ4v) is 11.7. The van der Waals surface area contributed by atoms with Crippen LogP contribution in [0.5, 0.6) is 0 Å². The van der Waals surface area contributed by atoms with Crippen molar-refractivity contribution in [2.45, 2.75) is 110 Å². The first kappa shape index (κ1) is 56.4. The number of ether oxygens (including phenoxy) is 2. The van der Waals surface area contributed by atoms with Crippen LogP contribution in [0.4, 0.5) is 0 Å². The maximum absolute atomic E-state index is 10.9. The van der Waals surface area contributed by atoms with Gasteiger partial charge in [-0.3, -0.25) is 0 Å². The Morgan fingerprint density at radius 2 is 0.696 bits per heavy atom. The molecule has 14 heteroatoms. The van der Waals surface area contributed by atoms with Gasteiger partial charge in [-0.2, -0.15) is 0 Å².